The van der Waals surface area contributed by atoms with E-state index in [4.69, 9.17) is 0 Å². The van der Waals surface area contributed by atoms with E-state index in [0.29, 0.717) is 0 Å². The zero-order valence-electron chi connectivity index (χ0n) is 10.5. The van der Waals surface area contributed by atoms with Gasteiger partial charge < -0.3 is 15.3 Å². The van der Waals surface area contributed by atoms with Gasteiger partial charge in [-0.05, 0) is 57.2 Å². The maximum atomic E-state index is 9.87. The van der Waals surface area contributed by atoms with Crippen LogP contribution in [0, 0.1) is 11.8 Å². The Balaban J connectivity index is 1.50. The molecule has 2 fully saturated rings. The van der Waals surface area contributed by atoms with Crippen molar-refractivity contribution < 1.29 is 5.11 Å². The van der Waals surface area contributed by atoms with Crippen molar-refractivity contribution in [3.05, 3.63) is 0 Å². The second-order valence-electron chi connectivity index (χ2n) is 5.63. The fourth-order valence-electron chi connectivity index (χ4n) is 2.64. The zero-order chi connectivity index (χ0) is 11.4. The molecular weight excluding hydrogens is 200 g/mol. The SMILES string of the molecule is CC(CNCC(O)CN1CCCC1)C1CC1. The molecule has 0 aromatic carbocycles. The maximum absolute atomic E-state index is 9.87. The Morgan fingerprint density at radius 1 is 1.25 bits per heavy atom. The van der Waals surface area contributed by atoms with Crippen LogP contribution in [-0.4, -0.2) is 48.8 Å². The van der Waals surface area contributed by atoms with Gasteiger partial charge in [-0.25, -0.2) is 0 Å². The lowest BCUT2D eigenvalue weighted by Gasteiger charge is -2.20. The highest BCUT2D eigenvalue weighted by molar-refractivity contribution is 4.80. The second-order valence-corrected chi connectivity index (χ2v) is 5.63. The summed E-state index contributed by atoms with van der Waals surface area (Å²) in [5.74, 6) is 1.75. The normalized spacial score (nSPS) is 25.9. The number of nitrogens with zero attached hydrogens (tertiary/aromatic N) is 1. The van der Waals surface area contributed by atoms with Crippen LogP contribution in [0.3, 0.4) is 0 Å². The van der Waals surface area contributed by atoms with Crippen molar-refractivity contribution in [2.75, 3.05) is 32.7 Å². The molecule has 2 aliphatic rings. The largest absolute Gasteiger partial charge is 0.390 e. The van der Waals surface area contributed by atoms with Crippen LogP contribution in [0.25, 0.3) is 0 Å². The first-order chi connectivity index (χ1) is 7.75. The van der Waals surface area contributed by atoms with Crippen LogP contribution < -0.4 is 5.32 Å². The summed E-state index contributed by atoms with van der Waals surface area (Å²) in [4.78, 5) is 2.37. The van der Waals surface area contributed by atoms with Gasteiger partial charge in [0.1, 0.15) is 0 Å². The van der Waals surface area contributed by atoms with Crippen LogP contribution in [0.1, 0.15) is 32.6 Å². The van der Waals surface area contributed by atoms with Crippen molar-refractivity contribution in [2.24, 2.45) is 11.8 Å². The highest BCUT2D eigenvalue weighted by atomic mass is 16.3. The Bertz CT molecular complexity index is 200. The first-order valence-electron chi connectivity index (χ1n) is 6.87. The minimum atomic E-state index is -0.190. The van der Waals surface area contributed by atoms with Crippen molar-refractivity contribution in [2.45, 2.75) is 38.7 Å². The molecule has 2 N–H and O–H groups in total. The molecule has 1 aliphatic carbocycles. The predicted octanol–water partition coefficient (Wildman–Crippen LogP) is 1.08. The number of aliphatic hydroxyl groups excluding tert-OH is 1. The van der Waals surface area contributed by atoms with Crippen molar-refractivity contribution in [1.82, 2.24) is 10.2 Å². The number of likely N-dealkylation sites (tertiary alicyclic amines) is 1. The number of hydrogen-bond donors (Lipinski definition) is 2. The van der Waals surface area contributed by atoms with E-state index in [1.54, 1.807) is 0 Å². The van der Waals surface area contributed by atoms with Crippen LogP contribution in [-0.2, 0) is 0 Å². The monoisotopic (exact) mass is 226 g/mol. The fourth-order valence-corrected chi connectivity index (χ4v) is 2.64. The summed E-state index contributed by atoms with van der Waals surface area (Å²) >= 11 is 0. The van der Waals surface area contributed by atoms with Gasteiger partial charge >= 0.3 is 0 Å². The van der Waals surface area contributed by atoms with Crippen LogP contribution in [0.5, 0.6) is 0 Å². The van der Waals surface area contributed by atoms with E-state index >= 15 is 0 Å². The molecule has 2 atom stereocenters. The molecule has 0 amide bonds. The minimum Gasteiger partial charge on any atom is -0.390 e. The smallest absolute Gasteiger partial charge is 0.0791 e. The van der Waals surface area contributed by atoms with E-state index in [1.165, 1.54) is 38.8 Å². The fraction of sp³-hybridized carbons (Fsp3) is 1.00. The lowest BCUT2D eigenvalue weighted by atomic mass is 10.1. The van der Waals surface area contributed by atoms with Gasteiger partial charge in [0.2, 0.25) is 0 Å². The van der Waals surface area contributed by atoms with Gasteiger partial charge in [-0.1, -0.05) is 6.92 Å². The molecule has 3 nitrogen and oxygen atoms in total. The number of hydrogen-bond acceptors (Lipinski definition) is 3. The molecule has 0 bridgehead atoms. The molecule has 1 saturated heterocycles. The molecule has 2 unspecified atom stereocenters. The summed E-state index contributed by atoms with van der Waals surface area (Å²) in [7, 11) is 0. The number of rotatable bonds is 7. The molecule has 3 heteroatoms. The summed E-state index contributed by atoms with van der Waals surface area (Å²) < 4.78 is 0. The quantitative estimate of drug-likeness (QED) is 0.682. The third kappa shape index (κ3) is 4.04. The third-order valence-electron chi connectivity index (χ3n) is 3.94. The Kier molecular flexibility index (Phi) is 4.62. The summed E-state index contributed by atoms with van der Waals surface area (Å²) in [6, 6.07) is 0. The number of aliphatic hydroxyl groups is 1. The van der Waals surface area contributed by atoms with E-state index in [1.807, 2.05) is 0 Å². The average molecular weight is 226 g/mol. The minimum absolute atomic E-state index is 0.190. The van der Waals surface area contributed by atoms with E-state index in [0.717, 1.165) is 31.5 Å². The van der Waals surface area contributed by atoms with Gasteiger partial charge in [-0.3, -0.25) is 0 Å². The third-order valence-corrected chi connectivity index (χ3v) is 3.94. The number of β-amino-alcohol motifs (C(OH)–C–C–N with tert-alkyl or cyclic N) is 1. The molecule has 0 spiro atoms. The molecular formula is C13H26N2O. The lowest BCUT2D eigenvalue weighted by molar-refractivity contribution is 0.122. The molecule has 1 saturated carbocycles. The first kappa shape index (κ1) is 12.3. The molecule has 94 valence electrons. The van der Waals surface area contributed by atoms with Gasteiger partial charge in [0.15, 0.2) is 0 Å². The van der Waals surface area contributed by atoms with Crippen LogP contribution in [0.15, 0.2) is 0 Å². The Morgan fingerprint density at radius 2 is 1.94 bits per heavy atom. The van der Waals surface area contributed by atoms with Crippen molar-refractivity contribution in [1.29, 1.82) is 0 Å². The summed E-state index contributed by atoms with van der Waals surface area (Å²) in [5, 5.41) is 13.3. The van der Waals surface area contributed by atoms with Crippen LogP contribution >= 0.6 is 0 Å². The average Bonchev–Trinajstić information content (AvgIpc) is 2.99. The summed E-state index contributed by atoms with van der Waals surface area (Å²) in [5.41, 5.74) is 0. The molecule has 0 aromatic heterocycles. The summed E-state index contributed by atoms with van der Waals surface area (Å²) in [6.07, 6.45) is 5.25. The topological polar surface area (TPSA) is 35.5 Å². The van der Waals surface area contributed by atoms with Gasteiger partial charge in [-0.2, -0.15) is 0 Å². The Labute approximate surface area is 99.2 Å². The van der Waals surface area contributed by atoms with Gasteiger partial charge in [0.25, 0.3) is 0 Å². The molecule has 1 heterocycles. The van der Waals surface area contributed by atoms with Crippen LogP contribution in [0.4, 0.5) is 0 Å². The number of nitrogens with one attached hydrogen (secondary N) is 1. The van der Waals surface area contributed by atoms with Crippen LogP contribution in [0.2, 0.25) is 0 Å². The predicted molar refractivity (Wildman–Crippen MR) is 66.4 cm³/mol. The van der Waals surface area contributed by atoms with Gasteiger partial charge in [-0.15, -0.1) is 0 Å². The summed E-state index contributed by atoms with van der Waals surface area (Å²) in [6.45, 7) is 7.35. The lowest BCUT2D eigenvalue weighted by Crippen LogP contribution is -2.38. The molecule has 0 radical (unpaired) electrons. The van der Waals surface area contributed by atoms with E-state index in [9.17, 15) is 5.11 Å². The Hall–Kier alpha value is -0.120. The van der Waals surface area contributed by atoms with E-state index in [-0.39, 0.29) is 6.10 Å². The van der Waals surface area contributed by atoms with Crippen molar-refractivity contribution >= 4 is 0 Å². The molecule has 0 aromatic rings. The molecule has 2 rings (SSSR count). The standard InChI is InChI=1S/C13H26N2O/c1-11(12-4-5-12)8-14-9-13(16)10-15-6-2-3-7-15/h11-14,16H,2-10H2,1H3. The Morgan fingerprint density at radius 3 is 2.56 bits per heavy atom. The van der Waals surface area contributed by atoms with Gasteiger partial charge in [0.05, 0.1) is 6.10 Å². The zero-order valence-corrected chi connectivity index (χ0v) is 10.5. The van der Waals surface area contributed by atoms with E-state index in [2.05, 4.69) is 17.1 Å². The highest BCUT2D eigenvalue weighted by Crippen LogP contribution is 2.35. The first-order valence-corrected chi connectivity index (χ1v) is 6.87. The van der Waals surface area contributed by atoms with Crippen molar-refractivity contribution in [3.63, 3.8) is 0 Å². The maximum Gasteiger partial charge on any atom is 0.0791 e. The molecule has 16 heavy (non-hydrogen) atoms. The van der Waals surface area contributed by atoms with Gasteiger partial charge in [0, 0.05) is 13.1 Å². The second kappa shape index (κ2) is 5.99. The highest BCUT2D eigenvalue weighted by Gasteiger charge is 2.27. The van der Waals surface area contributed by atoms with Crippen molar-refractivity contribution in [3.8, 4) is 0 Å². The molecule has 1 aliphatic heterocycles. The van der Waals surface area contributed by atoms with E-state index < -0.39 is 0 Å².